The number of aliphatic hydroxyl groups excluding tert-OH is 1. The van der Waals surface area contributed by atoms with E-state index in [9.17, 15) is 14.7 Å². The van der Waals surface area contributed by atoms with Gasteiger partial charge in [-0.25, -0.2) is 0 Å². The van der Waals surface area contributed by atoms with Crippen LogP contribution in [0, 0.1) is 0 Å². The van der Waals surface area contributed by atoms with Gasteiger partial charge < -0.3 is 20.2 Å². The fraction of sp³-hybridized carbons (Fsp3) is 0.294. The number of hydrogen-bond donors (Lipinski definition) is 3. The lowest BCUT2D eigenvalue weighted by atomic mass is 10.1. The molecule has 0 bridgehead atoms. The van der Waals surface area contributed by atoms with Crippen LogP contribution in [0.4, 0.5) is 0 Å². The lowest BCUT2D eigenvalue weighted by molar-refractivity contribution is 0.0907. The molecule has 0 aliphatic carbocycles. The van der Waals surface area contributed by atoms with Crippen LogP contribution in [0.3, 0.4) is 0 Å². The quantitative estimate of drug-likeness (QED) is 0.727. The van der Waals surface area contributed by atoms with E-state index in [0.717, 1.165) is 6.42 Å². The Morgan fingerprint density at radius 2 is 1.91 bits per heavy atom. The maximum atomic E-state index is 12.3. The molecule has 0 radical (unpaired) electrons. The molecule has 1 aromatic heterocycles. The van der Waals surface area contributed by atoms with Crippen molar-refractivity contribution in [3.8, 4) is 0 Å². The zero-order valence-corrected chi connectivity index (χ0v) is 12.9. The molecule has 2 amide bonds. The monoisotopic (exact) mass is 316 g/mol. The molecule has 0 fully saturated rings. The van der Waals surface area contributed by atoms with Crippen molar-refractivity contribution in [2.45, 2.75) is 19.4 Å². The lowest BCUT2D eigenvalue weighted by Gasteiger charge is -2.14. The minimum Gasteiger partial charge on any atom is -0.467 e. The molecule has 1 aromatic carbocycles. The van der Waals surface area contributed by atoms with Crippen LogP contribution in [0.2, 0.25) is 0 Å². The van der Waals surface area contributed by atoms with Crippen molar-refractivity contribution in [2.24, 2.45) is 0 Å². The highest BCUT2D eigenvalue weighted by atomic mass is 16.3. The van der Waals surface area contributed by atoms with Gasteiger partial charge >= 0.3 is 0 Å². The molecule has 2 aromatic rings. The number of nitrogens with one attached hydrogen (secondary N) is 2. The van der Waals surface area contributed by atoms with Gasteiger partial charge in [-0.15, -0.1) is 0 Å². The summed E-state index contributed by atoms with van der Waals surface area (Å²) in [6.07, 6.45) is 2.32. The zero-order chi connectivity index (χ0) is 16.7. The zero-order valence-electron chi connectivity index (χ0n) is 12.9. The molecule has 1 unspecified atom stereocenters. The fourth-order valence-electron chi connectivity index (χ4n) is 2.08. The van der Waals surface area contributed by atoms with Gasteiger partial charge in [-0.2, -0.15) is 0 Å². The van der Waals surface area contributed by atoms with E-state index in [4.69, 9.17) is 4.42 Å². The summed E-state index contributed by atoms with van der Waals surface area (Å²) in [6.45, 7) is 2.27. The number of benzene rings is 1. The molecule has 0 aliphatic rings. The van der Waals surface area contributed by atoms with Crippen molar-refractivity contribution in [3.63, 3.8) is 0 Å². The largest absolute Gasteiger partial charge is 0.467 e. The molecular weight excluding hydrogens is 296 g/mol. The van der Waals surface area contributed by atoms with Gasteiger partial charge in [-0.05, 0) is 36.8 Å². The third kappa shape index (κ3) is 4.43. The number of amides is 2. The SMILES string of the molecule is CCCNC(=O)c1cccc(C(=O)NC(CO)c2ccco2)c1. The Kier molecular flexibility index (Phi) is 5.94. The molecule has 1 heterocycles. The van der Waals surface area contributed by atoms with Gasteiger partial charge in [0.2, 0.25) is 0 Å². The van der Waals surface area contributed by atoms with E-state index >= 15 is 0 Å². The van der Waals surface area contributed by atoms with Crippen LogP contribution in [-0.4, -0.2) is 30.1 Å². The van der Waals surface area contributed by atoms with Crippen LogP contribution < -0.4 is 10.6 Å². The number of aliphatic hydroxyl groups is 1. The Balaban J connectivity index is 2.08. The molecule has 6 nitrogen and oxygen atoms in total. The van der Waals surface area contributed by atoms with E-state index in [1.165, 1.54) is 12.3 Å². The minimum atomic E-state index is -0.630. The lowest BCUT2D eigenvalue weighted by Crippen LogP contribution is -2.31. The summed E-state index contributed by atoms with van der Waals surface area (Å²) in [7, 11) is 0. The second-order valence-corrected chi connectivity index (χ2v) is 5.06. The van der Waals surface area contributed by atoms with Crippen LogP contribution in [0.1, 0.15) is 45.9 Å². The first kappa shape index (κ1) is 16.8. The van der Waals surface area contributed by atoms with E-state index in [0.29, 0.717) is 23.4 Å². The van der Waals surface area contributed by atoms with Gasteiger partial charge in [0, 0.05) is 17.7 Å². The Morgan fingerprint density at radius 1 is 1.17 bits per heavy atom. The first-order valence-electron chi connectivity index (χ1n) is 7.49. The van der Waals surface area contributed by atoms with E-state index < -0.39 is 6.04 Å². The molecule has 3 N–H and O–H groups in total. The van der Waals surface area contributed by atoms with Crippen LogP contribution in [0.25, 0.3) is 0 Å². The normalized spacial score (nSPS) is 11.7. The highest BCUT2D eigenvalue weighted by molar-refractivity contribution is 5.99. The van der Waals surface area contributed by atoms with Crippen molar-refractivity contribution in [1.29, 1.82) is 0 Å². The smallest absolute Gasteiger partial charge is 0.251 e. The van der Waals surface area contributed by atoms with Crippen molar-refractivity contribution >= 4 is 11.8 Å². The van der Waals surface area contributed by atoms with Crippen LogP contribution in [-0.2, 0) is 0 Å². The summed E-state index contributed by atoms with van der Waals surface area (Å²) in [4.78, 5) is 24.2. The number of rotatable bonds is 7. The van der Waals surface area contributed by atoms with Crippen LogP contribution in [0.5, 0.6) is 0 Å². The Labute approximate surface area is 134 Å². The third-order valence-corrected chi connectivity index (χ3v) is 3.30. The maximum absolute atomic E-state index is 12.3. The highest BCUT2D eigenvalue weighted by Crippen LogP contribution is 2.14. The minimum absolute atomic E-state index is 0.216. The predicted octanol–water partition coefficient (Wildman–Crippen LogP) is 1.88. The Bertz CT molecular complexity index is 652. The molecule has 2 rings (SSSR count). The van der Waals surface area contributed by atoms with Crippen LogP contribution >= 0.6 is 0 Å². The van der Waals surface area contributed by atoms with Gasteiger partial charge in [0.25, 0.3) is 11.8 Å². The van der Waals surface area contributed by atoms with E-state index in [1.54, 1.807) is 30.3 Å². The number of carbonyl (C=O) groups is 2. The van der Waals surface area contributed by atoms with Crippen molar-refractivity contribution in [3.05, 3.63) is 59.5 Å². The number of hydrogen-bond acceptors (Lipinski definition) is 4. The second-order valence-electron chi connectivity index (χ2n) is 5.06. The van der Waals surface area contributed by atoms with E-state index in [-0.39, 0.29) is 18.4 Å². The molecule has 0 saturated heterocycles. The average Bonchev–Trinajstić information content (AvgIpc) is 3.11. The van der Waals surface area contributed by atoms with Crippen LogP contribution in [0.15, 0.2) is 47.1 Å². The molecule has 0 saturated carbocycles. The maximum Gasteiger partial charge on any atom is 0.251 e. The molecule has 23 heavy (non-hydrogen) atoms. The first-order valence-corrected chi connectivity index (χ1v) is 7.49. The first-order chi connectivity index (χ1) is 11.2. The Hall–Kier alpha value is -2.60. The fourth-order valence-corrected chi connectivity index (χ4v) is 2.08. The molecule has 0 aliphatic heterocycles. The van der Waals surface area contributed by atoms with Gasteiger partial charge in [0.05, 0.1) is 12.9 Å². The number of furan rings is 1. The van der Waals surface area contributed by atoms with Crippen molar-refractivity contribution in [2.75, 3.05) is 13.2 Å². The van der Waals surface area contributed by atoms with E-state index in [1.807, 2.05) is 6.92 Å². The van der Waals surface area contributed by atoms with Gasteiger partial charge in [-0.3, -0.25) is 9.59 Å². The van der Waals surface area contributed by atoms with Gasteiger partial charge in [0.1, 0.15) is 11.8 Å². The molecular formula is C17H20N2O4. The van der Waals surface area contributed by atoms with E-state index in [2.05, 4.69) is 10.6 Å². The standard InChI is InChI=1S/C17H20N2O4/c1-2-8-18-16(21)12-5-3-6-13(10-12)17(22)19-14(11-20)15-7-4-9-23-15/h3-7,9-10,14,20H,2,8,11H2,1H3,(H,18,21)(H,19,22). The van der Waals surface area contributed by atoms with Crippen molar-refractivity contribution in [1.82, 2.24) is 10.6 Å². The summed E-state index contributed by atoms with van der Waals surface area (Å²) in [5.74, 6) is -0.130. The summed E-state index contributed by atoms with van der Waals surface area (Å²) in [6, 6.07) is 9.17. The predicted molar refractivity (Wildman–Crippen MR) is 85.1 cm³/mol. The third-order valence-electron chi connectivity index (χ3n) is 3.30. The van der Waals surface area contributed by atoms with Gasteiger partial charge in [-0.1, -0.05) is 13.0 Å². The second kappa shape index (κ2) is 8.14. The highest BCUT2D eigenvalue weighted by Gasteiger charge is 2.18. The van der Waals surface area contributed by atoms with Crippen molar-refractivity contribution < 1.29 is 19.1 Å². The average molecular weight is 316 g/mol. The molecule has 0 spiro atoms. The summed E-state index contributed by atoms with van der Waals surface area (Å²) < 4.78 is 5.19. The molecule has 122 valence electrons. The summed E-state index contributed by atoms with van der Waals surface area (Å²) in [5, 5.41) is 14.8. The van der Waals surface area contributed by atoms with Gasteiger partial charge in [0.15, 0.2) is 0 Å². The topological polar surface area (TPSA) is 91.6 Å². The summed E-state index contributed by atoms with van der Waals surface area (Å²) >= 11 is 0. The Morgan fingerprint density at radius 3 is 2.52 bits per heavy atom. The number of carbonyl (C=O) groups excluding carboxylic acids is 2. The summed E-state index contributed by atoms with van der Waals surface area (Å²) in [5.41, 5.74) is 0.767. The molecule has 6 heteroatoms. The molecule has 1 atom stereocenters.